The molecule has 116 valence electrons. The Labute approximate surface area is 117 Å². The summed E-state index contributed by atoms with van der Waals surface area (Å²) in [5.41, 5.74) is -1.23. The maximum absolute atomic E-state index is 13.1. The van der Waals surface area contributed by atoms with E-state index in [2.05, 4.69) is 5.32 Å². The number of nitrogens with one attached hydrogen (secondary N) is 1. The molecule has 0 aliphatic rings. The molecule has 1 aromatic carbocycles. The third kappa shape index (κ3) is 5.41. The van der Waals surface area contributed by atoms with Crippen LogP contribution in [0.25, 0.3) is 0 Å². The van der Waals surface area contributed by atoms with Crippen molar-refractivity contribution < 1.29 is 32.3 Å². The van der Waals surface area contributed by atoms with E-state index in [0.717, 1.165) is 0 Å². The second-order valence-electron chi connectivity index (χ2n) is 4.43. The van der Waals surface area contributed by atoms with Gasteiger partial charge >= 0.3 is 12.1 Å². The Balaban J connectivity index is 2.88. The molecule has 0 bridgehead atoms. The van der Waals surface area contributed by atoms with Crippen LogP contribution < -0.4 is 5.32 Å². The van der Waals surface area contributed by atoms with E-state index >= 15 is 0 Å². The number of carboxylic acids is 1. The average molecular weight is 307 g/mol. The van der Waals surface area contributed by atoms with Crippen molar-refractivity contribution in [2.24, 2.45) is 0 Å². The first-order valence-corrected chi connectivity index (χ1v) is 6.01. The van der Waals surface area contributed by atoms with E-state index in [1.807, 2.05) is 0 Å². The van der Waals surface area contributed by atoms with Gasteiger partial charge in [0.25, 0.3) is 0 Å². The quantitative estimate of drug-likeness (QED) is 0.600. The van der Waals surface area contributed by atoms with E-state index in [4.69, 9.17) is 5.11 Å². The number of carboxylic acid groups (broad SMARTS) is 1. The smallest absolute Gasteiger partial charge is 0.419 e. The minimum absolute atomic E-state index is 0.0185. The fourth-order valence-electron chi connectivity index (χ4n) is 1.84. The monoisotopic (exact) mass is 307 g/mol. The summed E-state index contributed by atoms with van der Waals surface area (Å²) in [5, 5.41) is 10.9. The van der Waals surface area contributed by atoms with Crippen molar-refractivity contribution in [3.05, 3.63) is 35.1 Å². The van der Waals surface area contributed by atoms with Crippen molar-refractivity contribution in [2.75, 3.05) is 0 Å². The van der Waals surface area contributed by atoms with Crippen LogP contribution in [0.3, 0.4) is 0 Å². The Hall–Kier alpha value is -2.12. The molecule has 1 amide bonds. The van der Waals surface area contributed by atoms with Crippen molar-refractivity contribution in [1.82, 2.24) is 5.32 Å². The second kappa shape index (κ2) is 7.05. The molecule has 2 N–H and O–H groups in total. The van der Waals surface area contributed by atoms with Crippen molar-refractivity contribution in [2.45, 2.75) is 31.5 Å². The highest BCUT2D eigenvalue weighted by Gasteiger charge is 2.34. The number of amides is 1. The van der Waals surface area contributed by atoms with E-state index in [9.17, 15) is 27.2 Å². The van der Waals surface area contributed by atoms with Gasteiger partial charge < -0.3 is 10.4 Å². The highest BCUT2D eigenvalue weighted by atomic mass is 19.4. The summed E-state index contributed by atoms with van der Waals surface area (Å²) in [4.78, 5) is 20.9. The summed E-state index contributed by atoms with van der Waals surface area (Å²) in [6, 6.07) is 1.90. The zero-order valence-electron chi connectivity index (χ0n) is 10.8. The molecule has 8 heteroatoms. The summed E-state index contributed by atoms with van der Waals surface area (Å²) in [7, 11) is 0. The lowest BCUT2D eigenvalue weighted by Gasteiger charge is -2.16. The lowest BCUT2D eigenvalue weighted by molar-refractivity contribution is -0.140. The molecule has 1 atom stereocenters. The summed E-state index contributed by atoms with van der Waals surface area (Å²) in [5.74, 6) is -2.46. The maximum Gasteiger partial charge on any atom is 0.419 e. The Morgan fingerprint density at radius 1 is 1.38 bits per heavy atom. The molecule has 1 aromatic rings. The molecule has 0 saturated heterocycles. The van der Waals surface area contributed by atoms with Crippen LogP contribution in [0, 0.1) is 5.82 Å². The molecule has 0 aromatic heterocycles. The number of aliphatic carboxylic acids is 1. The normalized spacial score (nSPS) is 12.8. The van der Waals surface area contributed by atoms with Gasteiger partial charge in [-0.25, -0.2) is 4.39 Å². The van der Waals surface area contributed by atoms with Gasteiger partial charge in [-0.1, -0.05) is 6.07 Å². The molecule has 1 unspecified atom stereocenters. The maximum atomic E-state index is 13.1. The van der Waals surface area contributed by atoms with Crippen molar-refractivity contribution >= 4 is 12.4 Å². The lowest BCUT2D eigenvalue weighted by Crippen LogP contribution is -2.30. The Morgan fingerprint density at radius 3 is 2.57 bits per heavy atom. The van der Waals surface area contributed by atoms with Gasteiger partial charge in [-0.05, 0) is 30.5 Å². The summed E-state index contributed by atoms with van der Waals surface area (Å²) >= 11 is 0. The van der Waals surface area contributed by atoms with Gasteiger partial charge in [-0.15, -0.1) is 0 Å². The number of hydrogen-bond donors (Lipinski definition) is 2. The summed E-state index contributed by atoms with van der Waals surface area (Å²) in [6.45, 7) is 0. The molecule has 0 saturated carbocycles. The third-order valence-corrected chi connectivity index (χ3v) is 2.83. The molecule has 0 aliphatic carbocycles. The van der Waals surface area contributed by atoms with Crippen LogP contribution >= 0.6 is 0 Å². The van der Waals surface area contributed by atoms with Gasteiger partial charge in [0.15, 0.2) is 0 Å². The molecule has 0 heterocycles. The van der Waals surface area contributed by atoms with Gasteiger partial charge in [-0.2, -0.15) is 13.2 Å². The van der Waals surface area contributed by atoms with E-state index in [1.165, 1.54) is 6.07 Å². The van der Waals surface area contributed by atoms with Gasteiger partial charge in [0.05, 0.1) is 5.56 Å². The summed E-state index contributed by atoms with van der Waals surface area (Å²) in [6.07, 6.45) is -4.66. The Morgan fingerprint density at radius 2 is 2.05 bits per heavy atom. The molecule has 0 spiro atoms. The van der Waals surface area contributed by atoms with Crippen LogP contribution in [-0.2, 0) is 22.2 Å². The standard InChI is InChI=1S/C13H13F4NO3/c14-11-3-1-8(6-10(11)13(15,16)17)5-9(18-7-19)2-4-12(20)21/h1,3,6-7,9H,2,4-5H2,(H,18,19)(H,20,21). The molecular weight excluding hydrogens is 294 g/mol. The van der Waals surface area contributed by atoms with Crippen LogP contribution in [-0.4, -0.2) is 23.5 Å². The molecule has 1 rings (SSSR count). The highest BCUT2D eigenvalue weighted by molar-refractivity contribution is 5.66. The highest BCUT2D eigenvalue weighted by Crippen LogP contribution is 2.32. The van der Waals surface area contributed by atoms with Gasteiger partial charge in [-0.3, -0.25) is 9.59 Å². The van der Waals surface area contributed by atoms with Crippen molar-refractivity contribution in [1.29, 1.82) is 0 Å². The second-order valence-corrected chi connectivity index (χ2v) is 4.43. The number of alkyl halides is 3. The predicted octanol–water partition coefficient (Wildman–Crippen LogP) is 2.37. The fourth-order valence-corrected chi connectivity index (χ4v) is 1.84. The zero-order chi connectivity index (χ0) is 16.0. The largest absolute Gasteiger partial charge is 0.481 e. The van der Waals surface area contributed by atoms with Gasteiger partial charge in [0, 0.05) is 12.5 Å². The van der Waals surface area contributed by atoms with Crippen LogP contribution in [0.15, 0.2) is 18.2 Å². The number of halogens is 4. The fraction of sp³-hybridized carbons (Fsp3) is 0.385. The molecule has 0 aliphatic heterocycles. The number of hydrogen-bond acceptors (Lipinski definition) is 2. The topological polar surface area (TPSA) is 66.4 Å². The summed E-state index contributed by atoms with van der Waals surface area (Å²) < 4.78 is 50.9. The minimum atomic E-state index is -4.81. The van der Waals surface area contributed by atoms with Crippen LogP contribution in [0.4, 0.5) is 17.6 Å². The lowest BCUT2D eigenvalue weighted by atomic mass is 10.00. The first kappa shape index (κ1) is 16.9. The first-order valence-electron chi connectivity index (χ1n) is 6.01. The SMILES string of the molecule is O=CNC(CCC(=O)O)Cc1ccc(F)c(C(F)(F)F)c1. The van der Waals surface area contributed by atoms with E-state index in [0.29, 0.717) is 18.5 Å². The van der Waals surface area contributed by atoms with Crippen LogP contribution in [0.1, 0.15) is 24.0 Å². The molecular formula is C13H13F4NO3. The Bertz CT molecular complexity index is 517. The van der Waals surface area contributed by atoms with Crippen LogP contribution in [0.2, 0.25) is 0 Å². The molecule has 0 fully saturated rings. The minimum Gasteiger partial charge on any atom is -0.481 e. The van der Waals surface area contributed by atoms with E-state index < -0.39 is 29.6 Å². The first-order chi connectivity index (χ1) is 9.74. The van der Waals surface area contributed by atoms with Crippen molar-refractivity contribution in [3.8, 4) is 0 Å². The molecule has 4 nitrogen and oxygen atoms in total. The number of rotatable bonds is 7. The number of benzene rings is 1. The van der Waals surface area contributed by atoms with E-state index in [-0.39, 0.29) is 24.8 Å². The number of carbonyl (C=O) groups excluding carboxylic acids is 1. The number of carbonyl (C=O) groups is 2. The predicted molar refractivity (Wildman–Crippen MR) is 65.0 cm³/mol. The zero-order valence-corrected chi connectivity index (χ0v) is 10.8. The van der Waals surface area contributed by atoms with Crippen molar-refractivity contribution in [3.63, 3.8) is 0 Å². The molecule has 0 radical (unpaired) electrons. The Kier molecular flexibility index (Phi) is 5.69. The van der Waals surface area contributed by atoms with Crippen LogP contribution in [0.5, 0.6) is 0 Å². The average Bonchev–Trinajstić information content (AvgIpc) is 2.37. The van der Waals surface area contributed by atoms with Gasteiger partial charge in [0.1, 0.15) is 5.82 Å². The third-order valence-electron chi connectivity index (χ3n) is 2.83. The van der Waals surface area contributed by atoms with E-state index in [1.54, 1.807) is 0 Å². The van der Waals surface area contributed by atoms with Gasteiger partial charge in [0.2, 0.25) is 6.41 Å². The molecule has 21 heavy (non-hydrogen) atoms.